The third-order valence-corrected chi connectivity index (χ3v) is 2.44. The fourth-order valence-electron chi connectivity index (χ4n) is 1.10. The smallest absolute Gasteiger partial charge is 0.297 e. The number of aromatic nitrogens is 2. The van der Waals surface area contributed by atoms with Crippen molar-refractivity contribution in [3.63, 3.8) is 0 Å². The van der Waals surface area contributed by atoms with Gasteiger partial charge in [-0.25, -0.2) is 20.8 Å². The molecule has 98 valence electrons. The van der Waals surface area contributed by atoms with Gasteiger partial charge in [-0.15, -0.1) is 0 Å². The third kappa shape index (κ3) is 3.02. The van der Waals surface area contributed by atoms with E-state index in [-0.39, 0.29) is 11.5 Å². The number of anilines is 1. The van der Waals surface area contributed by atoms with E-state index in [0.29, 0.717) is 9.61 Å². The van der Waals surface area contributed by atoms with E-state index >= 15 is 0 Å². The fraction of sp³-hybridized carbons (Fsp3) is 0.400. The number of nitrogens with zero attached hydrogens (tertiary/aromatic N) is 3. The Balaban J connectivity index is 3.08. The predicted octanol–water partition coefficient (Wildman–Crippen LogP) is 0.710. The van der Waals surface area contributed by atoms with Gasteiger partial charge in [-0.05, 0) is 15.9 Å². The summed E-state index contributed by atoms with van der Waals surface area (Å²) in [5.74, 6) is 4.09. The third-order valence-electron chi connectivity index (χ3n) is 2.05. The maximum Gasteiger partial charge on any atom is 0.297 e. The Morgan fingerprint density at radius 1 is 1.39 bits per heavy atom. The van der Waals surface area contributed by atoms with Crippen molar-refractivity contribution >= 4 is 33.6 Å². The van der Waals surface area contributed by atoms with E-state index < -0.39 is 17.2 Å². The van der Waals surface area contributed by atoms with Crippen LogP contribution in [0.15, 0.2) is 10.8 Å². The van der Waals surface area contributed by atoms with E-state index in [9.17, 15) is 9.59 Å². The van der Waals surface area contributed by atoms with Gasteiger partial charge in [0.1, 0.15) is 4.60 Å². The molecule has 0 aliphatic heterocycles. The molecule has 0 aliphatic rings. The van der Waals surface area contributed by atoms with Gasteiger partial charge in [0.05, 0.1) is 6.20 Å². The van der Waals surface area contributed by atoms with Crippen LogP contribution in [0.1, 0.15) is 31.3 Å². The van der Waals surface area contributed by atoms with E-state index in [1.54, 1.807) is 20.8 Å². The summed E-state index contributed by atoms with van der Waals surface area (Å²) in [6, 6.07) is 0. The van der Waals surface area contributed by atoms with Gasteiger partial charge in [-0.1, -0.05) is 20.8 Å². The van der Waals surface area contributed by atoms with E-state index in [4.69, 9.17) is 11.6 Å². The van der Waals surface area contributed by atoms with Crippen LogP contribution in [0.25, 0.3) is 0 Å². The standard InChI is InChI=1S/C10H14BrN5O2/c1-10(2,3)9(18)16(13)8(17)6-7(12)14-4-5(11)15-6/h4H,13H2,1-3H3,(H2,12,14). The van der Waals surface area contributed by atoms with Crippen LogP contribution in [0.4, 0.5) is 5.82 Å². The summed E-state index contributed by atoms with van der Waals surface area (Å²) in [6.07, 6.45) is 1.35. The van der Waals surface area contributed by atoms with Crippen molar-refractivity contribution < 1.29 is 9.59 Å². The molecule has 1 aromatic heterocycles. The lowest BCUT2D eigenvalue weighted by atomic mass is 9.95. The monoisotopic (exact) mass is 315 g/mol. The van der Waals surface area contributed by atoms with Crippen molar-refractivity contribution in [3.8, 4) is 0 Å². The Bertz CT molecular complexity index is 498. The summed E-state index contributed by atoms with van der Waals surface area (Å²) in [7, 11) is 0. The maximum atomic E-state index is 12.0. The summed E-state index contributed by atoms with van der Waals surface area (Å²) in [5, 5.41) is 0.507. The Labute approximate surface area is 113 Å². The first-order valence-corrected chi connectivity index (χ1v) is 5.85. The molecule has 0 saturated heterocycles. The molecule has 0 saturated carbocycles. The summed E-state index contributed by atoms with van der Waals surface area (Å²) in [5.41, 5.74) is 4.59. The molecule has 2 amide bonds. The first-order valence-electron chi connectivity index (χ1n) is 5.06. The van der Waals surface area contributed by atoms with Crippen LogP contribution in [0, 0.1) is 5.41 Å². The topological polar surface area (TPSA) is 115 Å². The number of imide groups is 1. The minimum absolute atomic E-state index is 0.0830. The summed E-state index contributed by atoms with van der Waals surface area (Å²) in [4.78, 5) is 31.5. The van der Waals surface area contributed by atoms with Gasteiger partial charge in [0.2, 0.25) is 5.91 Å². The molecule has 0 unspecified atom stereocenters. The lowest BCUT2D eigenvalue weighted by molar-refractivity contribution is -0.136. The van der Waals surface area contributed by atoms with E-state index in [1.807, 2.05) is 0 Å². The van der Waals surface area contributed by atoms with Crippen molar-refractivity contribution in [1.82, 2.24) is 15.0 Å². The first kappa shape index (κ1) is 14.5. The number of hydrogen-bond acceptors (Lipinski definition) is 6. The average molecular weight is 316 g/mol. The molecule has 7 nitrogen and oxygen atoms in total. The summed E-state index contributed by atoms with van der Waals surface area (Å²) < 4.78 is 0.330. The minimum Gasteiger partial charge on any atom is -0.382 e. The zero-order valence-electron chi connectivity index (χ0n) is 10.3. The molecular weight excluding hydrogens is 302 g/mol. The van der Waals surface area contributed by atoms with Gasteiger partial charge in [0, 0.05) is 5.41 Å². The van der Waals surface area contributed by atoms with Crippen LogP contribution in [0.2, 0.25) is 0 Å². The maximum absolute atomic E-state index is 12.0. The molecule has 0 bridgehead atoms. The van der Waals surface area contributed by atoms with Gasteiger partial charge in [0.15, 0.2) is 11.5 Å². The zero-order valence-corrected chi connectivity index (χ0v) is 11.9. The second-order valence-corrected chi connectivity index (χ2v) is 5.47. The van der Waals surface area contributed by atoms with Gasteiger partial charge in [-0.3, -0.25) is 9.59 Å². The van der Waals surface area contributed by atoms with Crippen molar-refractivity contribution in [2.45, 2.75) is 20.8 Å². The molecule has 0 aliphatic carbocycles. The number of carbonyl (C=O) groups is 2. The van der Waals surface area contributed by atoms with Gasteiger partial charge >= 0.3 is 0 Å². The Morgan fingerprint density at radius 3 is 2.44 bits per heavy atom. The second-order valence-electron chi connectivity index (χ2n) is 4.66. The molecule has 1 aromatic rings. The lowest BCUT2D eigenvalue weighted by Gasteiger charge is -2.23. The normalized spacial score (nSPS) is 11.2. The van der Waals surface area contributed by atoms with Crippen LogP contribution in [0.3, 0.4) is 0 Å². The van der Waals surface area contributed by atoms with Gasteiger partial charge in [0.25, 0.3) is 5.91 Å². The molecule has 18 heavy (non-hydrogen) atoms. The first-order chi connectivity index (χ1) is 8.14. The quantitative estimate of drug-likeness (QED) is 0.448. The number of halogens is 1. The largest absolute Gasteiger partial charge is 0.382 e. The molecule has 0 aromatic carbocycles. The van der Waals surface area contributed by atoms with Crippen LogP contribution < -0.4 is 11.6 Å². The summed E-state index contributed by atoms with van der Waals surface area (Å²) >= 11 is 3.06. The second kappa shape index (κ2) is 4.99. The molecule has 4 N–H and O–H groups in total. The number of nitrogen functional groups attached to an aromatic ring is 1. The van der Waals surface area contributed by atoms with E-state index in [1.165, 1.54) is 6.20 Å². The van der Waals surface area contributed by atoms with Gasteiger partial charge < -0.3 is 5.73 Å². The molecule has 0 radical (unpaired) electrons. The van der Waals surface area contributed by atoms with Crippen molar-refractivity contribution in [2.75, 3.05) is 5.73 Å². The number of carbonyl (C=O) groups excluding carboxylic acids is 2. The van der Waals surface area contributed by atoms with Crippen LogP contribution in [-0.2, 0) is 4.79 Å². The fourth-order valence-corrected chi connectivity index (χ4v) is 1.38. The predicted molar refractivity (Wildman–Crippen MR) is 69.0 cm³/mol. The molecule has 0 atom stereocenters. The molecule has 0 spiro atoms. The number of amides is 2. The van der Waals surface area contributed by atoms with Crippen molar-refractivity contribution in [1.29, 1.82) is 0 Å². The highest BCUT2D eigenvalue weighted by Gasteiger charge is 2.31. The molecule has 1 heterocycles. The zero-order chi connectivity index (χ0) is 14.1. The Hall–Kier alpha value is -1.54. The number of rotatable bonds is 1. The highest BCUT2D eigenvalue weighted by Crippen LogP contribution is 2.18. The number of nitrogens with two attached hydrogens (primary N) is 2. The van der Waals surface area contributed by atoms with E-state index in [0.717, 1.165) is 0 Å². The molecule has 8 heteroatoms. The molecule has 1 rings (SSSR count). The van der Waals surface area contributed by atoms with E-state index in [2.05, 4.69) is 25.9 Å². The summed E-state index contributed by atoms with van der Waals surface area (Å²) in [6.45, 7) is 4.95. The van der Waals surface area contributed by atoms with Crippen LogP contribution in [0.5, 0.6) is 0 Å². The number of hydrazine groups is 1. The number of hydrogen-bond donors (Lipinski definition) is 2. The van der Waals surface area contributed by atoms with Gasteiger partial charge in [-0.2, -0.15) is 0 Å². The van der Waals surface area contributed by atoms with Crippen molar-refractivity contribution in [3.05, 3.63) is 16.5 Å². The highest BCUT2D eigenvalue weighted by atomic mass is 79.9. The van der Waals surface area contributed by atoms with Crippen LogP contribution in [-0.4, -0.2) is 26.8 Å². The average Bonchev–Trinajstić information content (AvgIpc) is 2.28. The SMILES string of the molecule is CC(C)(C)C(=O)N(N)C(=O)c1nc(Br)cnc1N. The highest BCUT2D eigenvalue weighted by molar-refractivity contribution is 9.10. The Kier molecular flexibility index (Phi) is 4.02. The minimum atomic E-state index is -0.791. The molecule has 0 fully saturated rings. The van der Waals surface area contributed by atoms with Crippen LogP contribution >= 0.6 is 15.9 Å². The Morgan fingerprint density at radius 2 is 1.94 bits per heavy atom. The molecular formula is C10H14BrN5O2. The van der Waals surface area contributed by atoms with Crippen molar-refractivity contribution in [2.24, 2.45) is 11.3 Å². The lowest BCUT2D eigenvalue weighted by Crippen LogP contribution is -2.48.